The minimum absolute atomic E-state index is 0.605. The normalized spacial score (nSPS) is 11.3. The molecule has 5 heteroatoms. The van der Waals surface area contributed by atoms with Gasteiger partial charge in [0.1, 0.15) is 5.69 Å². The highest BCUT2D eigenvalue weighted by atomic mass is 15.2. The summed E-state index contributed by atoms with van der Waals surface area (Å²) in [6, 6.07) is 87.0. The topological polar surface area (TPSA) is 56.0 Å². The van der Waals surface area contributed by atoms with E-state index in [-0.39, 0.29) is 0 Å². The molecule has 0 aliphatic heterocycles. The maximum Gasteiger partial charge on any atom is 0.164 e. The lowest BCUT2D eigenvalue weighted by Crippen LogP contribution is -2.00. The maximum atomic E-state index is 5.43. The Morgan fingerprint density at radius 2 is 0.687 bits per heavy atom. The van der Waals surface area contributed by atoms with Gasteiger partial charge in [-0.1, -0.05) is 224 Å². The second-order valence-electron chi connectivity index (χ2n) is 16.7. The Bertz CT molecular complexity index is 3630. The van der Waals surface area contributed by atoms with Crippen LogP contribution < -0.4 is 0 Å². The highest BCUT2D eigenvalue weighted by Crippen LogP contribution is 2.43. The standard InChI is InChI=1S/C62H41N5/c1-7-20-42(21-8-1)50-38-51(43-22-9-2-10-23-43)40-52(39-50)62-64-60(48-30-17-6-18-31-48)63-61(65-62)49-36-34-44(35-37-49)53-32-19-33-54-55(53)41-56(45-24-11-3-12-25-45)67-59(54)57(46-26-13-4-14-27-46)58(66-67)47-28-15-5-16-29-47/h1-41H. The number of pyridine rings is 1. The Kier molecular flexibility index (Phi) is 10.1. The first-order chi connectivity index (χ1) is 33.2. The lowest BCUT2D eigenvalue weighted by molar-refractivity contribution is 0.979. The second kappa shape index (κ2) is 17.1. The summed E-state index contributed by atoms with van der Waals surface area (Å²) in [6.07, 6.45) is 0. The summed E-state index contributed by atoms with van der Waals surface area (Å²) in [4.78, 5) is 15.5. The number of benzene rings is 9. The Balaban J connectivity index is 1.02. The molecule has 0 unspecified atom stereocenters. The average Bonchev–Trinajstić information content (AvgIpc) is 3.83. The zero-order valence-electron chi connectivity index (χ0n) is 36.4. The number of nitrogens with zero attached hydrogens (tertiary/aromatic N) is 5. The van der Waals surface area contributed by atoms with Crippen molar-refractivity contribution in [3.8, 4) is 101 Å². The summed E-state index contributed by atoms with van der Waals surface area (Å²) >= 11 is 0. The van der Waals surface area contributed by atoms with Crippen LogP contribution in [0, 0.1) is 0 Å². The molecule has 0 amide bonds. The maximum absolute atomic E-state index is 5.43. The fourth-order valence-electron chi connectivity index (χ4n) is 9.21. The molecule has 3 aromatic heterocycles. The third kappa shape index (κ3) is 7.54. The van der Waals surface area contributed by atoms with Gasteiger partial charge in [-0.05, 0) is 68.6 Å². The molecular formula is C62H41N5. The van der Waals surface area contributed by atoms with Gasteiger partial charge in [0.05, 0.1) is 11.2 Å². The fraction of sp³-hybridized carbons (Fsp3) is 0. The highest BCUT2D eigenvalue weighted by Gasteiger charge is 2.23. The molecule has 5 nitrogen and oxygen atoms in total. The molecule has 0 radical (unpaired) electrons. The van der Waals surface area contributed by atoms with Crippen LogP contribution in [-0.4, -0.2) is 24.6 Å². The first kappa shape index (κ1) is 39.5. The minimum atomic E-state index is 0.605. The average molecular weight is 856 g/mol. The molecule has 0 fully saturated rings. The number of hydrogen-bond acceptors (Lipinski definition) is 4. The molecule has 0 aliphatic carbocycles. The van der Waals surface area contributed by atoms with Crippen molar-refractivity contribution in [1.82, 2.24) is 24.6 Å². The molecule has 0 saturated carbocycles. The number of hydrogen-bond donors (Lipinski definition) is 0. The highest BCUT2D eigenvalue weighted by molar-refractivity contribution is 6.12. The summed E-state index contributed by atoms with van der Waals surface area (Å²) in [5, 5.41) is 7.69. The van der Waals surface area contributed by atoms with Gasteiger partial charge in [0.25, 0.3) is 0 Å². The van der Waals surface area contributed by atoms with Gasteiger partial charge in [0.2, 0.25) is 0 Å². The summed E-state index contributed by atoms with van der Waals surface area (Å²) < 4.78 is 2.15. The zero-order valence-corrected chi connectivity index (χ0v) is 36.4. The Hall–Kier alpha value is -9.06. The molecule has 0 atom stereocenters. The minimum Gasteiger partial charge on any atom is -0.231 e. The molecule has 12 rings (SSSR count). The van der Waals surface area contributed by atoms with Gasteiger partial charge in [-0.15, -0.1) is 0 Å². The quantitative estimate of drug-likeness (QED) is 0.145. The summed E-state index contributed by atoms with van der Waals surface area (Å²) in [6.45, 7) is 0. The van der Waals surface area contributed by atoms with Crippen LogP contribution in [0.1, 0.15) is 0 Å². The molecule has 314 valence electrons. The molecule has 0 aliphatic rings. The van der Waals surface area contributed by atoms with Crippen molar-refractivity contribution in [2.24, 2.45) is 0 Å². The number of aromatic nitrogens is 5. The molecule has 0 bridgehead atoms. The molecule has 0 N–H and O–H groups in total. The van der Waals surface area contributed by atoms with Crippen molar-refractivity contribution in [3.63, 3.8) is 0 Å². The Morgan fingerprint density at radius 3 is 1.22 bits per heavy atom. The van der Waals surface area contributed by atoms with Crippen LogP contribution in [0.25, 0.3) is 117 Å². The predicted molar refractivity (Wildman–Crippen MR) is 275 cm³/mol. The zero-order chi connectivity index (χ0) is 44.5. The third-order valence-electron chi connectivity index (χ3n) is 12.5. The lowest BCUT2D eigenvalue weighted by Gasteiger charge is -2.14. The van der Waals surface area contributed by atoms with E-state index < -0.39 is 0 Å². The van der Waals surface area contributed by atoms with Crippen molar-refractivity contribution in [2.75, 3.05) is 0 Å². The van der Waals surface area contributed by atoms with Crippen LogP contribution in [0.5, 0.6) is 0 Å². The van der Waals surface area contributed by atoms with Gasteiger partial charge >= 0.3 is 0 Å². The summed E-state index contributed by atoms with van der Waals surface area (Å²) in [7, 11) is 0. The lowest BCUT2D eigenvalue weighted by atomic mass is 9.93. The largest absolute Gasteiger partial charge is 0.231 e. The van der Waals surface area contributed by atoms with Crippen LogP contribution in [-0.2, 0) is 0 Å². The van der Waals surface area contributed by atoms with Crippen molar-refractivity contribution in [1.29, 1.82) is 0 Å². The number of fused-ring (bicyclic) bond motifs is 3. The molecule has 9 aromatic carbocycles. The summed E-state index contributed by atoms with van der Waals surface area (Å²) in [5.41, 5.74) is 16.8. The van der Waals surface area contributed by atoms with E-state index in [0.29, 0.717) is 17.5 Å². The molecule has 3 heterocycles. The van der Waals surface area contributed by atoms with E-state index in [4.69, 9.17) is 20.1 Å². The molecular weight excluding hydrogens is 815 g/mol. The van der Waals surface area contributed by atoms with Gasteiger partial charge < -0.3 is 0 Å². The van der Waals surface area contributed by atoms with Gasteiger partial charge in [0.15, 0.2) is 17.5 Å². The summed E-state index contributed by atoms with van der Waals surface area (Å²) in [5.74, 6) is 1.83. The van der Waals surface area contributed by atoms with E-state index in [9.17, 15) is 0 Å². The van der Waals surface area contributed by atoms with Gasteiger partial charge in [-0.2, -0.15) is 5.10 Å². The van der Waals surface area contributed by atoms with E-state index >= 15 is 0 Å². The van der Waals surface area contributed by atoms with Crippen molar-refractivity contribution < 1.29 is 0 Å². The first-order valence-corrected chi connectivity index (χ1v) is 22.6. The SMILES string of the molecule is c1ccc(-c2cc(-c3ccccc3)cc(-c3nc(-c4ccccc4)nc(-c4ccc(-c5cccc6c5cc(-c5ccccc5)n5nc(-c7ccccc7)c(-c7ccccc7)c65)cc4)n3)c2)cc1. The van der Waals surface area contributed by atoms with E-state index in [1.807, 2.05) is 30.3 Å². The van der Waals surface area contributed by atoms with Gasteiger partial charge in [-0.3, -0.25) is 0 Å². The van der Waals surface area contributed by atoms with E-state index in [2.05, 4.69) is 223 Å². The monoisotopic (exact) mass is 855 g/mol. The second-order valence-corrected chi connectivity index (χ2v) is 16.7. The Labute approximate surface area is 389 Å². The fourth-order valence-corrected chi connectivity index (χ4v) is 9.21. The first-order valence-electron chi connectivity index (χ1n) is 22.6. The molecule has 67 heavy (non-hydrogen) atoms. The van der Waals surface area contributed by atoms with Crippen LogP contribution in [0.15, 0.2) is 249 Å². The van der Waals surface area contributed by atoms with E-state index in [1.54, 1.807) is 0 Å². The molecule has 0 spiro atoms. The third-order valence-corrected chi connectivity index (χ3v) is 12.5. The van der Waals surface area contributed by atoms with Crippen LogP contribution >= 0.6 is 0 Å². The van der Waals surface area contributed by atoms with Crippen molar-refractivity contribution in [3.05, 3.63) is 249 Å². The predicted octanol–water partition coefficient (Wildman–Crippen LogP) is 15.7. The molecule has 12 aromatic rings. The van der Waals surface area contributed by atoms with Crippen LogP contribution in [0.3, 0.4) is 0 Å². The van der Waals surface area contributed by atoms with Crippen molar-refractivity contribution in [2.45, 2.75) is 0 Å². The van der Waals surface area contributed by atoms with Crippen LogP contribution in [0.4, 0.5) is 0 Å². The van der Waals surface area contributed by atoms with Crippen LogP contribution in [0.2, 0.25) is 0 Å². The molecule has 0 saturated heterocycles. The van der Waals surface area contributed by atoms with E-state index in [1.165, 1.54) is 0 Å². The van der Waals surface area contributed by atoms with E-state index in [0.717, 1.165) is 100 Å². The van der Waals surface area contributed by atoms with Gasteiger partial charge in [0, 0.05) is 38.8 Å². The van der Waals surface area contributed by atoms with Crippen molar-refractivity contribution >= 4 is 16.3 Å². The Morgan fingerprint density at radius 1 is 0.269 bits per heavy atom. The number of rotatable bonds is 9. The van der Waals surface area contributed by atoms with Gasteiger partial charge in [-0.25, -0.2) is 19.5 Å². The smallest absolute Gasteiger partial charge is 0.164 e.